The summed E-state index contributed by atoms with van der Waals surface area (Å²) >= 11 is 12.3. The van der Waals surface area contributed by atoms with Crippen molar-refractivity contribution in [2.45, 2.75) is 44.6 Å². The van der Waals surface area contributed by atoms with Crippen molar-refractivity contribution in [3.63, 3.8) is 0 Å². The molecule has 0 aromatic heterocycles. The molecule has 2 aromatic rings. The topological polar surface area (TPSA) is 64.1 Å². The van der Waals surface area contributed by atoms with Crippen molar-refractivity contribution in [1.29, 1.82) is 0 Å². The van der Waals surface area contributed by atoms with Crippen LogP contribution in [0.4, 0.5) is 5.69 Å². The van der Waals surface area contributed by atoms with Gasteiger partial charge in [0.25, 0.3) is 0 Å². The van der Waals surface area contributed by atoms with Gasteiger partial charge in [0.2, 0.25) is 11.8 Å². The van der Waals surface area contributed by atoms with Gasteiger partial charge in [0.15, 0.2) is 0 Å². The van der Waals surface area contributed by atoms with Crippen LogP contribution in [0.3, 0.4) is 0 Å². The summed E-state index contributed by atoms with van der Waals surface area (Å²) in [5.41, 5.74) is 0.913. The highest BCUT2D eigenvalue weighted by atomic mass is 35.5. The van der Waals surface area contributed by atoms with Gasteiger partial charge in [0.05, 0.1) is 5.60 Å². The highest BCUT2D eigenvalue weighted by Crippen LogP contribution is 2.33. The first-order chi connectivity index (χ1) is 17.2. The molecule has 2 saturated heterocycles. The van der Waals surface area contributed by atoms with Crippen molar-refractivity contribution in [3.05, 3.63) is 64.1 Å². The molecule has 6 nitrogen and oxygen atoms in total. The molecule has 0 spiro atoms. The van der Waals surface area contributed by atoms with E-state index in [1.807, 2.05) is 58.3 Å². The molecular weight excluding hydrogens is 497 g/mol. The molecule has 2 fully saturated rings. The standard InChI is InChI=1S/C28H35Cl2N3O3/c1-21(34)32-16-10-22(11-17-32)27(35)33(26-5-2-4-25(30)20-26)15-3-14-31-18-12-28(36,13-19-31)23-6-8-24(29)9-7-23/h2,4-9,20,22,36H,3,10-19H2,1H3. The van der Waals surface area contributed by atoms with Crippen LogP contribution in [-0.4, -0.2) is 66.0 Å². The van der Waals surface area contributed by atoms with Crippen LogP contribution in [0, 0.1) is 5.92 Å². The van der Waals surface area contributed by atoms with Crippen LogP contribution in [0.15, 0.2) is 48.5 Å². The van der Waals surface area contributed by atoms with Gasteiger partial charge < -0.3 is 19.8 Å². The van der Waals surface area contributed by atoms with Crippen LogP contribution in [0.1, 0.15) is 44.6 Å². The molecule has 8 heteroatoms. The number of nitrogens with zero attached hydrogens (tertiary/aromatic N) is 3. The number of rotatable bonds is 7. The molecule has 0 aliphatic carbocycles. The number of hydrogen-bond donors (Lipinski definition) is 1. The molecule has 2 heterocycles. The Morgan fingerprint density at radius 1 is 1.00 bits per heavy atom. The zero-order valence-electron chi connectivity index (χ0n) is 20.8. The lowest BCUT2D eigenvalue weighted by atomic mass is 9.84. The molecule has 0 bridgehead atoms. The molecule has 0 radical (unpaired) electrons. The molecule has 194 valence electrons. The lowest BCUT2D eigenvalue weighted by Crippen LogP contribution is -2.45. The third-order valence-electron chi connectivity index (χ3n) is 7.60. The molecule has 4 rings (SSSR count). The van der Waals surface area contributed by atoms with Gasteiger partial charge in [0, 0.05) is 61.3 Å². The Kier molecular flexibility index (Phi) is 8.94. The summed E-state index contributed by atoms with van der Waals surface area (Å²) in [4.78, 5) is 31.3. The number of benzene rings is 2. The zero-order valence-corrected chi connectivity index (χ0v) is 22.3. The van der Waals surface area contributed by atoms with Gasteiger partial charge in [0.1, 0.15) is 0 Å². The predicted molar refractivity (Wildman–Crippen MR) is 144 cm³/mol. The number of carbonyl (C=O) groups is 2. The predicted octanol–water partition coefficient (Wildman–Crippen LogP) is 4.96. The van der Waals surface area contributed by atoms with E-state index in [-0.39, 0.29) is 17.7 Å². The van der Waals surface area contributed by atoms with Crippen molar-refractivity contribution in [2.75, 3.05) is 44.2 Å². The maximum atomic E-state index is 13.6. The molecule has 0 unspecified atom stereocenters. The van der Waals surface area contributed by atoms with E-state index >= 15 is 0 Å². The lowest BCUT2D eigenvalue weighted by molar-refractivity contribution is -0.133. The Hall–Kier alpha value is -2.12. The van der Waals surface area contributed by atoms with Crippen LogP contribution in [0.25, 0.3) is 0 Å². The second-order valence-corrected chi connectivity index (χ2v) is 10.9. The molecule has 2 amide bonds. The number of aliphatic hydroxyl groups is 1. The Morgan fingerprint density at radius 2 is 1.67 bits per heavy atom. The minimum absolute atomic E-state index is 0.0667. The summed E-state index contributed by atoms with van der Waals surface area (Å²) < 4.78 is 0. The number of carbonyl (C=O) groups excluding carboxylic acids is 2. The third-order valence-corrected chi connectivity index (χ3v) is 8.08. The molecule has 2 aromatic carbocycles. The van der Waals surface area contributed by atoms with Gasteiger partial charge in [-0.25, -0.2) is 0 Å². The SMILES string of the molecule is CC(=O)N1CCC(C(=O)N(CCCN2CCC(O)(c3ccc(Cl)cc3)CC2)c2cccc(Cl)c2)CC1. The van der Waals surface area contributed by atoms with E-state index in [0.717, 1.165) is 37.3 Å². The number of hydrogen-bond acceptors (Lipinski definition) is 4. The second kappa shape index (κ2) is 12.0. The van der Waals surface area contributed by atoms with E-state index in [1.54, 1.807) is 6.92 Å². The van der Waals surface area contributed by atoms with Crippen molar-refractivity contribution >= 4 is 40.7 Å². The maximum absolute atomic E-state index is 13.6. The van der Waals surface area contributed by atoms with E-state index < -0.39 is 5.60 Å². The van der Waals surface area contributed by atoms with Crippen molar-refractivity contribution < 1.29 is 14.7 Å². The minimum atomic E-state index is -0.821. The average molecular weight is 533 g/mol. The minimum Gasteiger partial charge on any atom is -0.385 e. The molecule has 2 aliphatic rings. The summed E-state index contributed by atoms with van der Waals surface area (Å²) in [6.45, 7) is 5.88. The summed E-state index contributed by atoms with van der Waals surface area (Å²) in [5.74, 6) is 0.0808. The molecule has 36 heavy (non-hydrogen) atoms. The number of halogens is 2. The van der Waals surface area contributed by atoms with Crippen LogP contribution >= 0.6 is 23.2 Å². The Bertz CT molecular complexity index is 1050. The van der Waals surface area contributed by atoms with Crippen LogP contribution in [0.2, 0.25) is 10.0 Å². The van der Waals surface area contributed by atoms with Crippen LogP contribution < -0.4 is 4.90 Å². The fraction of sp³-hybridized carbons (Fsp3) is 0.500. The van der Waals surface area contributed by atoms with E-state index in [1.165, 1.54) is 0 Å². The monoisotopic (exact) mass is 531 g/mol. The highest BCUT2D eigenvalue weighted by molar-refractivity contribution is 6.31. The van der Waals surface area contributed by atoms with Gasteiger partial charge in [-0.3, -0.25) is 9.59 Å². The largest absolute Gasteiger partial charge is 0.385 e. The first kappa shape index (κ1) is 26.9. The van der Waals surface area contributed by atoms with Gasteiger partial charge >= 0.3 is 0 Å². The van der Waals surface area contributed by atoms with Gasteiger partial charge in [-0.1, -0.05) is 41.4 Å². The fourth-order valence-electron chi connectivity index (χ4n) is 5.32. The highest BCUT2D eigenvalue weighted by Gasteiger charge is 2.34. The Labute approximate surface area is 223 Å². The van der Waals surface area contributed by atoms with Gasteiger partial charge in [-0.15, -0.1) is 0 Å². The second-order valence-electron chi connectivity index (χ2n) is 9.98. The summed E-state index contributed by atoms with van der Waals surface area (Å²) in [6.07, 6.45) is 3.53. The molecule has 0 atom stereocenters. The number of piperidine rings is 2. The normalized spacial score (nSPS) is 18.7. The molecular formula is C28H35Cl2N3O3. The molecule has 1 N–H and O–H groups in total. The molecule has 2 aliphatic heterocycles. The number of anilines is 1. The Balaban J connectivity index is 1.34. The smallest absolute Gasteiger partial charge is 0.230 e. The summed E-state index contributed by atoms with van der Waals surface area (Å²) in [6, 6.07) is 14.9. The fourth-order valence-corrected chi connectivity index (χ4v) is 5.63. The van der Waals surface area contributed by atoms with Crippen molar-refractivity contribution in [1.82, 2.24) is 9.80 Å². The first-order valence-corrected chi connectivity index (χ1v) is 13.5. The van der Waals surface area contributed by atoms with Crippen LogP contribution in [0.5, 0.6) is 0 Å². The summed E-state index contributed by atoms with van der Waals surface area (Å²) in [7, 11) is 0. The van der Waals surface area contributed by atoms with E-state index in [9.17, 15) is 14.7 Å². The molecule has 0 saturated carbocycles. The lowest BCUT2D eigenvalue weighted by Gasteiger charge is -2.39. The van der Waals surface area contributed by atoms with Gasteiger partial charge in [-0.2, -0.15) is 0 Å². The maximum Gasteiger partial charge on any atom is 0.230 e. The van der Waals surface area contributed by atoms with Crippen molar-refractivity contribution in [2.24, 2.45) is 5.92 Å². The Morgan fingerprint density at radius 3 is 2.28 bits per heavy atom. The van der Waals surface area contributed by atoms with E-state index in [0.29, 0.717) is 55.4 Å². The number of amides is 2. The zero-order chi connectivity index (χ0) is 25.7. The van der Waals surface area contributed by atoms with Gasteiger partial charge in [-0.05, 0) is 74.5 Å². The average Bonchev–Trinajstić information content (AvgIpc) is 2.88. The quantitative estimate of drug-likeness (QED) is 0.548. The number of likely N-dealkylation sites (tertiary alicyclic amines) is 2. The third kappa shape index (κ3) is 6.60. The first-order valence-electron chi connectivity index (χ1n) is 12.8. The summed E-state index contributed by atoms with van der Waals surface area (Å²) in [5, 5.41) is 12.4. The van der Waals surface area contributed by atoms with E-state index in [2.05, 4.69) is 4.90 Å². The van der Waals surface area contributed by atoms with E-state index in [4.69, 9.17) is 23.2 Å². The van der Waals surface area contributed by atoms with Crippen LogP contribution in [-0.2, 0) is 15.2 Å². The van der Waals surface area contributed by atoms with Crippen molar-refractivity contribution in [3.8, 4) is 0 Å².